The summed E-state index contributed by atoms with van der Waals surface area (Å²) in [4.78, 5) is 25.9. The maximum absolute atomic E-state index is 15.4. The molecule has 0 bridgehead atoms. The zero-order chi connectivity index (χ0) is 26.6. The smallest absolute Gasteiger partial charge is 0.410 e. The van der Waals surface area contributed by atoms with E-state index in [1.54, 1.807) is 11.0 Å². The first kappa shape index (κ1) is 25.0. The fourth-order valence-electron chi connectivity index (χ4n) is 5.26. The van der Waals surface area contributed by atoms with Crippen LogP contribution in [0.25, 0.3) is 27.8 Å². The number of ether oxygens (including phenoxy) is 1. The van der Waals surface area contributed by atoms with Gasteiger partial charge in [-0.3, -0.25) is 4.90 Å². The lowest BCUT2D eigenvalue weighted by atomic mass is 10.1. The molecule has 194 valence electrons. The van der Waals surface area contributed by atoms with Gasteiger partial charge in [0.15, 0.2) is 5.82 Å². The normalized spacial score (nSPS) is 18.6. The largest absolute Gasteiger partial charge is 0.444 e. The van der Waals surface area contributed by atoms with E-state index in [1.807, 2.05) is 89.5 Å². The second kappa shape index (κ2) is 9.01. The lowest BCUT2D eigenvalue weighted by Gasteiger charge is -2.45. The Labute approximate surface area is 216 Å². The molecule has 4 aromatic rings. The standard InChI is InChI=1S/C29H34FN5O2/c1-17-10-22(16-34-13-18(2)31-27(17)34)25-9-8-21-11-23(12-24(30)26(21)32-25)33-14-19(3)35(20(4)15-33)28(36)37-29(5,6)7/h8-13,16,19-20H,14-15H2,1-7H3/t19-,20-/m0/s1. The number of hydrogen-bond acceptors (Lipinski definition) is 5. The predicted molar refractivity (Wildman–Crippen MR) is 145 cm³/mol. The number of amides is 1. The van der Waals surface area contributed by atoms with Gasteiger partial charge in [-0.05, 0) is 78.3 Å². The van der Waals surface area contributed by atoms with Gasteiger partial charge in [0, 0.05) is 42.1 Å². The van der Waals surface area contributed by atoms with Crippen molar-refractivity contribution in [3.63, 3.8) is 0 Å². The first-order chi connectivity index (χ1) is 17.4. The van der Waals surface area contributed by atoms with Gasteiger partial charge in [-0.25, -0.2) is 19.2 Å². The van der Waals surface area contributed by atoms with Gasteiger partial charge in [0.2, 0.25) is 0 Å². The predicted octanol–water partition coefficient (Wildman–Crippen LogP) is 6.14. The van der Waals surface area contributed by atoms with Crippen LogP contribution in [0.2, 0.25) is 0 Å². The molecule has 5 rings (SSSR count). The van der Waals surface area contributed by atoms with Crippen molar-refractivity contribution in [2.75, 3.05) is 18.0 Å². The molecule has 1 aliphatic heterocycles. The first-order valence-electron chi connectivity index (χ1n) is 12.7. The minimum atomic E-state index is -0.552. The highest BCUT2D eigenvalue weighted by molar-refractivity contribution is 5.86. The Balaban J connectivity index is 1.42. The molecule has 2 atom stereocenters. The van der Waals surface area contributed by atoms with Gasteiger partial charge >= 0.3 is 6.09 Å². The van der Waals surface area contributed by atoms with Gasteiger partial charge in [-0.2, -0.15) is 0 Å². The maximum atomic E-state index is 15.4. The summed E-state index contributed by atoms with van der Waals surface area (Å²) >= 11 is 0. The number of carbonyl (C=O) groups is 1. The minimum absolute atomic E-state index is 0.0807. The van der Waals surface area contributed by atoms with Gasteiger partial charge < -0.3 is 14.0 Å². The van der Waals surface area contributed by atoms with E-state index in [-0.39, 0.29) is 24.0 Å². The van der Waals surface area contributed by atoms with Crippen molar-refractivity contribution in [1.82, 2.24) is 19.3 Å². The molecule has 0 aliphatic carbocycles. The highest BCUT2D eigenvalue weighted by Crippen LogP contribution is 2.31. The van der Waals surface area contributed by atoms with Gasteiger partial charge in [0.05, 0.1) is 23.5 Å². The van der Waals surface area contributed by atoms with E-state index in [1.165, 1.54) is 0 Å². The fourth-order valence-corrected chi connectivity index (χ4v) is 5.26. The van der Waals surface area contributed by atoms with Crippen LogP contribution < -0.4 is 4.90 Å². The molecule has 1 saturated heterocycles. The summed E-state index contributed by atoms with van der Waals surface area (Å²) in [5, 5.41) is 0.741. The van der Waals surface area contributed by atoms with Crippen LogP contribution in [0.15, 0.2) is 42.7 Å². The average Bonchev–Trinajstić information content (AvgIpc) is 3.18. The molecule has 4 heterocycles. The molecule has 1 aromatic carbocycles. The molecule has 7 nitrogen and oxygen atoms in total. The first-order valence-corrected chi connectivity index (χ1v) is 12.7. The number of aromatic nitrogens is 3. The number of fused-ring (bicyclic) bond motifs is 2. The molecule has 1 aliphatic rings. The van der Waals surface area contributed by atoms with Crippen LogP contribution in [0, 0.1) is 19.7 Å². The van der Waals surface area contributed by atoms with Crippen LogP contribution in [0.3, 0.4) is 0 Å². The summed E-state index contributed by atoms with van der Waals surface area (Å²) in [5.74, 6) is -0.361. The van der Waals surface area contributed by atoms with E-state index in [0.29, 0.717) is 24.3 Å². The third kappa shape index (κ3) is 4.84. The summed E-state index contributed by atoms with van der Waals surface area (Å²) in [5.41, 5.74) is 5.09. The number of hydrogen-bond donors (Lipinski definition) is 0. The number of nitrogens with zero attached hydrogens (tertiary/aromatic N) is 5. The summed E-state index contributed by atoms with van der Waals surface area (Å²) < 4.78 is 23.0. The topological polar surface area (TPSA) is 63.0 Å². The Morgan fingerprint density at radius 3 is 2.41 bits per heavy atom. The molecule has 0 N–H and O–H groups in total. The molecule has 8 heteroatoms. The molecule has 3 aromatic heterocycles. The lowest BCUT2D eigenvalue weighted by molar-refractivity contribution is 0.00565. The number of piperazine rings is 1. The number of carbonyl (C=O) groups excluding carboxylic acids is 1. The van der Waals surface area contributed by atoms with Gasteiger partial charge in [-0.1, -0.05) is 6.07 Å². The molecule has 0 saturated carbocycles. The number of halogens is 1. The van der Waals surface area contributed by atoms with Crippen LogP contribution in [0.4, 0.5) is 14.9 Å². The Bertz CT molecular complexity index is 1490. The van der Waals surface area contributed by atoms with Crippen molar-refractivity contribution in [3.05, 3.63) is 59.8 Å². The van der Waals surface area contributed by atoms with Crippen LogP contribution in [-0.4, -0.2) is 56.1 Å². The molecule has 0 radical (unpaired) electrons. The second-order valence-electron chi connectivity index (χ2n) is 11.2. The van der Waals surface area contributed by atoms with Gasteiger partial charge in [0.1, 0.15) is 16.8 Å². The van der Waals surface area contributed by atoms with Crippen molar-refractivity contribution in [1.29, 1.82) is 0 Å². The van der Waals surface area contributed by atoms with E-state index < -0.39 is 5.60 Å². The zero-order valence-corrected chi connectivity index (χ0v) is 22.5. The summed E-state index contributed by atoms with van der Waals surface area (Å²) in [7, 11) is 0. The Hall–Kier alpha value is -3.68. The molecule has 1 amide bonds. The number of pyridine rings is 2. The van der Waals surface area contributed by atoms with E-state index in [0.717, 1.165) is 33.5 Å². The molecular weight excluding hydrogens is 469 g/mol. The lowest BCUT2D eigenvalue weighted by Crippen LogP contribution is -2.59. The number of imidazole rings is 1. The average molecular weight is 504 g/mol. The second-order valence-corrected chi connectivity index (χ2v) is 11.2. The number of aryl methyl sites for hydroxylation is 2. The van der Waals surface area contributed by atoms with Crippen molar-refractivity contribution in [3.8, 4) is 11.3 Å². The van der Waals surface area contributed by atoms with Crippen LogP contribution in [0.1, 0.15) is 45.9 Å². The number of anilines is 1. The van der Waals surface area contributed by atoms with E-state index >= 15 is 4.39 Å². The van der Waals surface area contributed by atoms with Crippen molar-refractivity contribution >= 4 is 28.3 Å². The van der Waals surface area contributed by atoms with Crippen LogP contribution >= 0.6 is 0 Å². The van der Waals surface area contributed by atoms with E-state index in [9.17, 15) is 4.79 Å². The van der Waals surface area contributed by atoms with E-state index in [2.05, 4.69) is 14.9 Å². The zero-order valence-electron chi connectivity index (χ0n) is 22.5. The van der Waals surface area contributed by atoms with Crippen molar-refractivity contribution in [2.24, 2.45) is 0 Å². The summed E-state index contributed by atoms with van der Waals surface area (Å²) in [6, 6.07) is 9.26. The van der Waals surface area contributed by atoms with Gasteiger partial charge in [-0.15, -0.1) is 0 Å². The fraction of sp³-hybridized carbons (Fsp3) is 0.414. The summed E-state index contributed by atoms with van der Waals surface area (Å²) in [6.07, 6.45) is 3.65. The Morgan fingerprint density at radius 1 is 1.03 bits per heavy atom. The maximum Gasteiger partial charge on any atom is 0.410 e. The van der Waals surface area contributed by atoms with Gasteiger partial charge in [0.25, 0.3) is 0 Å². The number of benzene rings is 1. The highest BCUT2D eigenvalue weighted by atomic mass is 19.1. The Kier molecular flexibility index (Phi) is 6.09. The highest BCUT2D eigenvalue weighted by Gasteiger charge is 2.35. The van der Waals surface area contributed by atoms with Crippen molar-refractivity contribution in [2.45, 2.75) is 66.2 Å². The molecular formula is C29H34FN5O2. The SMILES string of the molecule is Cc1cn2cc(-c3ccc4cc(N5C[C@H](C)N(C(=O)OC(C)(C)C)[C@@H](C)C5)cc(F)c4n3)cc(C)c2n1. The number of rotatable bonds is 2. The van der Waals surface area contributed by atoms with Crippen molar-refractivity contribution < 1.29 is 13.9 Å². The third-order valence-electron chi connectivity index (χ3n) is 6.77. The molecule has 37 heavy (non-hydrogen) atoms. The molecule has 1 fully saturated rings. The summed E-state index contributed by atoms with van der Waals surface area (Å²) in [6.45, 7) is 14.8. The molecule has 0 spiro atoms. The van der Waals surface area contributed by atoms with Crippen LogP contribution in [-0.2, 0) is 4.74 Å². The molecule has 0 unspecified atom stereocenters. The minimum Gasteiger partial charge on any atom is -0.444 e. The monoisotopic (exact) mass is 503 g/mol. The third-order valence-corrected chi connectivity index (χ3v) is 6.77. The van der Waals surface area contributed by atoms with E-state index in [4.69, 9.17) is 4.74 Å². The quantitative estimate of drug-likeness (QED) is 0.329. The Morgan fingerprint density at radius 2 is 1.73 bits per heavy atom. The van der Waals surface area contributed by atoms with Crippen LogP contribution in [0.5, 0.6) is 0 Å².